The second-order valence-electron chi connectivity index (χ2n) is 5.42. The Kier molecular flexibility index (Phi) is 4.83. The fraction of sp³-hybridized carbons (Fsp3) is 0.353. The number of ether oxygens (including phenoxy) is 2. The summed E-state index contributed by atoms with van der Waals surface area (Å²) in [7, 11) is 1.88. The number of hydrogen-bond acceptors (Lipinski definition) is 5. The second-order valence-corrected chi connectivity index (χ2v) is 6.51. The number of fused-ring (bicyclic) bond motifs is 1. The van der Waals surface area contributed by atoms with E-state index in [4.69, 9.17) is 9.47 Å². The standard InChI is InChI=1S/C17H20N2O3S/c1-11(18-2)10-19-17(20)16-6-5-15(23-16)12-3-4-13-14(9-12)22-8-7-21-13/h3-6,9,11,18H,7-8,10H2,1-2H3,(H,19,20). The van der Waals surface area contributed by atoms with Gasteiger partial charge in [0.2, 0.25) is 0 Å². The molecule has 1 aromatic carbocycles. The highest BCUT2D eigenvalue weighted by Crippen LogP contribution is 2.36. The SMILES string of the molecule is CNC(C)CNC(=O)c1ccc(-c2ccc3c(c2)OCCO3)s1. The summed E-state index contributed by atoms with van der Waals surface area (Å²) in [4.78, 5) is 13.9. The van der Waals surface area contributed by atoms with E-state index in [-0.39, 0.29) is 11.9 Å². The van der Waals surface area contributed by atoms with E-state index >= 15 is 0 Å². The van der Waals surface area contributed by atoms with Crippen LogP contribution >= 0.6 is 11.3 Å². The molecule has 0 saturated carbocycles. The van der Waals surface area contributed by atoms with Crippen molar-refractivity contribution in [3.63, 3.8) is 0 Å². The Hall–Kier alpha value is -2.05. The second kappa shape index (κ2) is 7.02. The maximum absolute atomic E-state index is 12.2. The molecule has 1 unspecified atom stereocenters. The Bertz CT molecular complexity index is 699. The molecule has 0 aliphatic carbocycles. The van der Waals surface area contributed by atoms with Crippen molar-refractivity contribution in [3.8, 4) is 21.9 Å². The number of benzene rings is 1. The van der Waals surface area contributed by atoms with Crippen LogP contribution in [0.5, 0.6) is 11.5 Å². The zero-order valence-electron chi connectivity index (χ0n) is 13.2. The van der Waals surface area contributed by atoms with Gasteiger partial charge in [0, 0.05) is 17.5 Å². The minimum Gasteiger partial charge on any atom is -0.486 e. The smallest absolute Gasteiger partial charge is 0.261 e. The number of likely N-dealkylation sites (N-methyl/N-ethyl adjacent to an activating group) is 1. The predicted octanol–water partition coefficient (Wildman–Crippen LogP) is 2.52. The van der Waals surface area contributed by atoms with Gasteiger partial charge in [-0.25, -0.2) is 0 Å². The Labute approximate surface area is 139 Å². The van der Waals surface area contributed by atoms with Crippen molar-refractivity contribution in [2.45, 2.75) is 13.0 Å². The van der Waals surface area contributed by atoms with Crippen molar-refractivity contribution in [2.75, 3.05) is 26.8 Å². The van der Waals surface area contributed by atoms with Gasteiger partial charge in [-0.05, 0) is 49.9 Å². The molecule has 0 fully saturated rings. The molecule has 1 atom stereocenters. The fourth-order valence-electron chi connectivity index (χ4n) is 2.25. The lowest BCUT2D eigenvalue weighted by Gasteiger charge is -2.18. The van der Waals surface area contributed by atoms with E-state index in [1.165, 1.54) is 11.3 Å². The molecular formula is C17H20N2O3S. The van der Waals surface area contributed by atoms with Crippen molar-refractivity contribution in [3.05, 3.63) is 35.2 Å². The summed E-state index contributed by atoms with van der Waals surface area (Å²) in [5.74, 6) is 1.49. The molecular weight excluding hydrogens is 312 g/mol. The summed E-state index contributed by atoms with van der Waals surface area (Å²) in [6.07, 6.45) is 0. The maximum atomic E-state index is 12.2. The largest absolute Gasteiger partial charge is 0.486 e. The summed E-state index contributed by atoms with van der Waals surface area (Å²) in [6.45, 7) is 3.78. The van der Waals surface area contributed by atoms with Crippen molar-refractivity contribution >= 4 is 17.2 Å². The van der Waals surface area contributed by atoms with Crippen LogP contribution < -0.4 is 20.1 Å². The third-order valence-corrected chi connectivity index (χ3v) is 4.85. The zero-order chi connectivity index (χ0) is 16.2. The molecule has 2 heterocycles. The highest BCUT2D eigenvalue weighted by molar-refractivity contribution is 7.17. The molecule has 1 aliphatic heterocycles. The van der Waals surface area contributed by atoms with Crippen molar-refractivity contribution in [1.29, 1.82) is 0 Å². The molecule has 1 amide bonds. The topological polar surface area (TPSA) is 59.6 Å². The number of carbonyl (C=O) groups is 1. The molecule has 5 nitrogen and oxygen atoms in total. The first-order valence-corrected chi connectivity index (χ1v) is 8.44. The third-order valence-electron chi connectivity index (χ3n) is 3.72. The van der Waals surface area contributed by atoms with Gasteiger partial charge >= 0.3 is 0 Å². The summed E-state index contributed by atoms with van der Waals surface area (Å²) in [5, 5.41) is 6.02. The van der Waals surface area contributed by atoms with Gasteiger partial charge in [-0.3, -0.25) is 4.79 Å². The van der Waals surface area contributed by atoms with Crippen LogP contribution in [0.1, 0.15) is 16.6 Å². The fourth-order valence-corrected chi connectivity index (χ4v) is 3.17. The number of amides is 1. The van der Waals surface area contributed by atoms with Gasteiger partial charge in [0.1, 0.15) is 13.2 Å². The molecule has 2 aromatic rings. The summed E-state index contributed by atoms with van der Waals surface area (Å²) >= 11 is 1.48. The summed E-state index contributed by atoms with van der Waals surface area (Å²) < 4.78 is 11.1. The first-order valence-electron chi connectivity index (χ1n) is 7.62. The van der Waals surface area contributed by atoms with E-state index in [1.54, 1.807) is 0 Å². The lowest BCUT2D eigenvalue weighted by Crippen LogP contribution is -2.36. The van der Waals surface area contributed by atoms with Gasteiger partial charge in [0.15, 0.2) is 11.5 Å². The quantitative estimate of drug-likeness (QED) is 0.883. The molecule has 3 rings (SSSR count). The molecule has 1 aromatic heterocycles. The molecule has 122 valence electrons. The molecule has 0 radical (unpaired) electrons. The van der Waals surface area contributed by atoms with E-state index in [1.807, 2.05) is 44.3 Å². The molecule has 0 bridgehead atoms. The monoisotopic (exact) mass is 332 g/mol. The highest BCUT2D eigenvalue weighted by Gasteiger charge is 2.15. The molecule has 0 saturated heterocycles. The van der Waals surface area contributed by atoms with Gasteiger partial charge in [-0.2, -0.15) is 0 Å². The van der Waals surface area contributed by atoms with Gasteiger partial charge < -0.3 is 20.1 Å². The molecule has 6 heteroatoms. The normalized spacial score (nSPS) is 14.3. The van der Waals surface area contributed by atoms with Crippen molar-refractivity contribution < 1.29 is 14.3 Å². The molecule has 23 heavy (non-hydrogen) atoms. The van der Waals surface area contributed by atoms with E-state index in [9.17, 15) is 4.79 Å². The number of nitrogens with one attached hydrogen (secondary N) is 2. The Morgan fingerprint density at radius 3 is 2.78 bits per heavy atom. The van der Waals surface area contributed by atoms with Crippen molar-refractivity contribution in [1.82, 2.24) is 10.6 Å². The zero-order valence-corrected chi connectivity index (χ0v) is 14.0. The van der Waals surface area contributed by atoms with Gasteiger partial charge in [0.05, 0.1) is 4.88 Å². The van der Waals surface area contributed by atoms with Gasteiger partial charge in [-0.1, -0.05) is 0 Å². The molecule has 2 N–H and O–H groups in total. The van der Waals surface area contributed by atoms with Crippen LogP contribution in [0, 0.1) is 0 Å². The van der Waals surface area contributed by atoms with E-state index in [2.05, 4.69) is 10.6 Å². The Morgan fingerprint density at radius 1 is 1.22 bits per heavy atom. The number of rotatable bonds is 5. The van der Waals surface area contributed by atoms with Gasteiger partial charge in [-0.15, -0.1) is 11.3 Å². The van der Waals surface area contributed by atoms with Gasteiger partial charge in [0.25, 0.3) is 5.91 Å². The molecule has 1 aliphatic rings. The average Bonchev–Trinajstić information content (AvgIpc) is 3.09. The van der Waals surface area contributed by atoms with E-state index < -0.39 is 0 Å². The number of hydrogen-bond donors (Lipinski definition) is 2. The van der Waals surface area contributed by atoms with Crippen LogP contribution in [0.3, 0.4) is 0 Å². The predicted molar refractivity (Wildman–Crippen MR) is 91.6 cm³/mol. The van der Waals surface area contributed by atoms with Crippen LogP contribution in [-0.4, -0.2) is 38.8 Å². The van der Waals surface area contributed by atoms with Crippen LogP contribution in [0.15, 0.2) is 30.3 Å². The Balaban J connectivity index is 1.73. The summed E-state index contributed by atoms with van der Waals surface area (Å²) in [6, 6.07) is 9.94. The number of thiophene rings is 1. The van der Waals surface area contributed by atoms with E-state index in [0.717, 1.165) is 21.9 Å². The molecule has 0 spiro atoms. The Morgan fingerprint density at radius 2 is 2.00 bits per heavy atom. The maximum Gasteiger partial charge on any atom is 0.261 e. The minimum absolute atomic E-state index is 0.0408. The van der Waals surface area contributed by atoms with Crippen LogP contribution in [0.25, 0.3) is 10.4 Å². The van der Waals surface area contributed by atoms with Crippen LogP contribution in [0.2, 0.25) is 0 Å². The van der Waals surface area contributed by atoms with Crippen LogP contribution in [-0.2, 0) is 0 Å². The first-order chi connectivity index (χ1) is 11.2. The average molecular weight is 332 g/mol. The van der Waals surface area contributed by atoms with E-state index in [0.29, 0.717) is 24.6 Å². The summed E-state index contributed by atoms with van der Waals surface area (Å²) in [5.41, 5.74) is 1.03. The first kappa shape index (κ1) is 15.8. The lowest BCUT2D eigenvalue weighted by atomic mass is 10.1. The lowest BCUT2D eigenvalue weighted by molar-refractivity contribution is 0.0954. The highest BCUT2D eigenvalue weighted by atomic mass is 32.1. The number of carbonyl (C=O) groups excluding carboxylic acids is 1. The van der Waals surface area contributed by atoms with Crippen LogP contribution in [0.4, 0.5) is 0 Å². The van der Waals surface area contributed by atoms with Crippen molar-refractivity contribution in [2.24, 2.45) is 0 Å². The third kappa shape index (κ3) is 3.65. The minimum atomic E-state index is -0.0408.